The minimum Gasteiger partial charge on any atom is -0.481 e. The highest BCUT2D eigenvalue weighted by Gasteiger charge is 2.26. The van der Waals surface area contributed by atoms with Crippen LogP contribution in [0.5, 0.6) is 5.88 Å². The molecule has 0 radical (unpaired) electrons. The maximum absolute atomic E-state index is 12.8. The normalized spacial score (nSPS) is 15.2. The first kappa shape index (κ1) is 16.3. The van der Waals surface area contributed by atoms with Crippen LogP contribution in [0.3, 0.4) is 0 Å². The van der Waals surface area contributed by atoms with Crippen molar-refractivity contribution in [3.63, 3.8) is 0 Å². The van der Waals surface area contributed by atoms with Gasteiger partial charge >= 0.3 is 0 Å². The van der Waals surface area contributed by atoms with Gasteiger partial charge in [-0.15, -0.1) is 0 Å². The maximum Gasteiger partial charge on any atom is 0.274 e. The molecule has 4 rings (SSSR count). The van der Waals surface area contributed by atoms with Crippen LogP contribution in [0.25, 0.3) is 10.9 Å². The summed E-state index contributed by atoms with van der Waals surface area (Å²) in [5.41, 5.74) is 1.37. The molecular weight excluding hydrogens is 332 g/mol. The largest absolute Gasteiger partial charge is 0.481 e. The predicted octanol–water partition coefficient (Wildman–Crippen LogP) is 2.08. The molecule has 1 amide bonds. The van der Waals surface area contributed by atoms with Crippen molar-refractivity contribution in [3.05, 3.63) is 42.4 Å². The van der Waals surface area contributed by atoms with Gasteiger partial charge in [0.25, 0.3) is 5.91 Å². The fourth-order valence-corrected chi connectivity index (χ4v) is 3.24. The smallest absolute Gasteiger partial charge is 0.274 e. The SMILES string of the molecule is COc1cc(NC2CCN(C(=O)c3n[nH]c4ccccc34)CC2)ncn1. The minimum absolute atomic E-state index is 0.0235. The van der Waals surface area contributed by atoms with E-state index in [2.05, 4.69) is 25.5 Å². The fourth-order valence-electron chi connectivity index (χ4n) is 3.24. The molecule has 8 heteroatoms. The highest BCUT2D eigenvalue weighted by molar-refractivity contribution is 6.04. The lowest BCUT2D eigenvalue weighted by Gasteiger charge is -2.32. The molecule has 1 aliphatic rings. The number of carbonyl (C=O) groups excluding carboxylic acids is 1. The number of benzene rings is 1. The number of ether oxygens (including phenoxy) is 1. The molecule has 1 saturated heterocycles. The van der Waals surface area contributed by atoms with Gasteiger partial charge in [-0.25, -0.2) is 9.97 Å². The van der Waals surface area contributed by atoms with Gasteiger partial charge in [0.1, 0.15) is 12.1 Å². The summed E-state index contributed by atoms with van der Waals surface area (Å²) in [6.45, 7) is 1.36. The van der Waals surface area contributed by atoms with Crippen LogP contribution in [0, 0.1) is 0 Å². The minimum atomic E-state index is -0.0235. The Balaban J connectivity index is 1.39. The van der Waals surface area contributed by atoms with E-state index >= 15 is 0 Å². The van der Waals surface area contributed by atoms with Crippen molar-refractivity contribution in [2.45, 2.75) is 18.9 Å². The third kappa shape index (κ3) is 3.17. The Bertz CT molecular complexity index is 917. The lowest BCUT2D eigenvalue weighted by molar-refractivity contribution is 0.0714. The number of nitrogens with one attached hydrogen (secondary N) is 2. The Kier molecular flexibility index (Phi) is 4.39. The molecule has 1 aliphatic heterocycles. The van der Waals surface area contributed by atoms with E-state index in [-0.39, 0.29) is 11.9 Å². The monoisotopic (exact) mass is 352 g/mol. The number of anilines is 1. The zero-order valence-corrected chi connectivity index (χ0v) is 14.5. The van der Waals surface area contributed by atoms with Gasteiger partial charge in [0.15, 0.2) is 5.69 Å². The van der Waals surface area contributed by atoms with Crippen molar-refractivity contribution < 1.29 is 9.53 Å². The zero-order valence-electron chi connectivity index (χ0n) is 14.5. The lowest BCUT2D eigenvalue weighted by atomic mass is 10.0. The molecule has 0 saturated carbocycles. The van der Waals surface area contributed by atoms with E-state index in [0.29, 0.717) is 24.7 Å². The van der Waals surface area contributed by atoms with Gasteiger partial charge in [0, 0.05) is 30.6 Å². The number of para-hydroxylation sites is 1. The summed E-state index contributed by atoms with van der Waals surface area (Å²) < 4.78 is 5.12. The van der Waals surface area contributed by atoms with Crippen molar-refractivity contribution in [2.24, 2.45) is 0 Å². The van der Waals surface area contributed by atoms with Crippen LogP contribution in [-0.2, 0) is 0 Å². The van der Waals surface area contributed by atoms with Crippen LogP contribution >= 0.6 is 0 Å². The Morgan fingerprint density at radius 3 is 2.88 bits per heavy atom. The number of likely N-dealkylation sites (tertiary alicyclic amines) is 1. The summed E-state index contributed by atoms with van der Waals surface area (Å²) in [5, 5.41) is 11.4. The van der Waals surface area contributed by atoms with Crippen LogP contribution in [-0.4, -0.2) is 57.2 Å². The van der Waals surface area contributed by atoms with Crippen LogP contribution in [0.2, 0.25) is 0 Å². The highest BCUT2D eigenvalue weighted by Crippen LogP contribution is 2.21. The number of nitrogens with zero attached hydrogens (tertiary/aromatic N) is 4. The molecule has 0 bridgehead atoms. The molecule has 1 aromatic carbocycles. The molecule has 0 aliphatic carbocycles. The second-order valence-electron chi connectivity index (χ2n) is 6.27. The molecule has 0 spiro atoms. The summed E-state index contributed by atoms with van der Waals surface area (Å²) in [7, 11) is 1.58. The zero-order chi connectivity index (χ0) is 17.9. The van der Waals surface area contributed by atoms with E-state index in [0.717, 1.165) is 29.6 Å². The second-order valence-corrected chi connectivity index (χ2v) is 6.27. The summed E-state index contributed by atoms with van der Waals surface area (Å²) in [5.74, 6) is 1.24. The molecule has 8 nitrogen and oxygen atoms in total. The number of fused-ring (bicyclic) bond motifs is 1. The molecular formula is C18H20N6O2. The van der Waals surface area contributed by atoms with Crippen LogP contribution in [0.4, 0.5) is 5.82 Å². The van der Waals surface area contributed by atoms with E-state index in [9.17, 15) is 4.79 Å². The molecule has 0 atom stereocenters. The van der Waals surface area contributed by atoms with Gasteiger partial charge in [0.2, 0.25) is 5.88 Å². The number of aromatic amines is 1. The number of H-pyrrole nitrogens is 1. The number of hydrogen-bond acceptors (Lipinski definition) is 6. The quantitative estimate of drug-likeness (QED) is 0.746. The van der Waals surface area contributed by atoms with Gasteiger partial charge in [0.05, 0.1) is 12.6 Å². The lowest BCUT2D eigenvalue weighted by Crippen LogP contribution is -2.42. The molecule has 134 valence electrons. The Morgan fingerprint density at radius 2 is 2.08 bits per heavy atom. The Hall–Kier alpha value is -3.16. The van der Waals surface area contributed by atoms with E-state index in [1.165, 1.54) is 6.33 Å². The van der Waals surface area contributed by atoms with E-state index in [1.807, 2.05) is 29.2 Å². The molecule has 2 N–H and O–H groups in total. The van der Waals surface area contributed by atoms with Crippen molar-refractivity contribution in [3.8, 4) is 5.88 Å². The summed E-state index contributed by atoms with van der Waals surface area (Å²) in [6.07, 6.45) is 3.17. The van der Waals surface area contributed by atoms with Gasteiger partial charge < -0.3 is 15.0 Å². The molecule has 3 aromatic rings. The Labute approximate surface area is 150 Å². The number of carbonyl (C=O) groups is 1. The van der Waals surface area contributed by atoms with Crippen LogP contribution < -0.4 is 10.1 Å². The van der Waals surface area contributed by atoms with Gasteiger partial charge in [-0.3, -0.25) is 9.89 Å². The molecule has 26 heavy (non-hydrogen) atoms. The third-order valence-corrected chi connectivity index (χ3v) is 4.66. The van der Waals surface area contributed by atoms with Crippen molar-refractivity contribution in [1.29, 1.82) is 0 Å². The first-order chi connectivity index (χ1) is 12.7. The number of rotatable bonds is 4. The topological polar surface area (TPSA) is 96.0 Å². The van der Waals surface area contributed by atoms with Gasteiger partial charge in [-0.1, -0.05) is 18.2 Å². The highest BCUT2D eigenvalue weighted by atomic mass is 16.5. The number of hydrogen-bond donors (Lipinski definition) is 2. The number of aromatic nitrogens is 4. The van der Waals surface area contributed by atoms with E-state index in [1.54, 1.807) is 13.2 Å². The molecule has 2 aromatic heterocycles. The van der Waals surface area contributed by atoms with E-state index < -0.39 is 0 Å². The first-order valence-corrected chi connectivity index (χ1v) is 8.59. The standard InChI is InChI=1S/C18H20N6O2/c1-26-16-10-15(19-11-20-16)21-12-6-8-24(9-7-12)18(25)17-13-4-2-3-5-14(13)22-23-17/h2-5,10-12H,6-9H2,1H3,(H,22,23)(H,19,20,21). The fraction of sp³-hybridized carbons (Fsp3) is 0.333. The number of amides is 1. The first-order valence-electron chi connectivity index (χ1n) is 8.59. The van der Waals surface area contributed by atoms with Crippen LogP contribution in [0.15, 0.2) is 36.7 Å². The van der Waals surface area contributed by atoms with Gasteiger partial charge in [-0.2, -0.15) is 5.10 Å². The summed E-state index contributed by atoms with van der Waals surface area (Å²) in [6, 6.07) is 9.71. The Morgan fingerprint density at radius 1 is 1.27 bits per heavy atom. The number of methoxy groups -OCH3 is 1. The van der Waals surface area contributed by atoms with Crippen molar-refractivity contribution in [2.75, 3.05) is 25.5 Å². The second kappa shape index (κ2) is 6.99. The summed E-state index contributed by atoms with van der Waals surface area (Å²) >= 11 is 0. The number of piperidine rings is 1. The van der Waals surface area contributed by atoms with Crippen molar-refractivity contribution in [1.82, 2.24) is 25.1 Å². The molecule has 1 fully saturated rings. The summed E-state index contributed by atoms with van der Waals surface area (Å²) in [4.78, 5) is 22.9. The van der Waals surface area contributed by atoms with E-state index in [4.69, 9.17) is 4.74 Å². The average molecular weight is 352 g/mol. The third-order valence-electron chi connectivity index (χ3n) is 4.66. The maximum atomic E-state index is 12.8. The molecule has 0 unspecified atom stereocenters. The van der Waals surface area contributed by atoms with Crippen LogP contribution in [0.1, 0.15) is 23.3 Å². The van der Waals surface area contributed by atoms with Crippen molar-refractivity contribution >= 4 is 22.6 Å². The molecule has 3 heterocycles. The van der Waals surface area contributed by atoms with Gasteiger partial charge in [-0.05, 0) is 18.9 Å². The average Bonchev–Trinajstić information content (AvgIpc) is 3.12. The predicted molar refractivity (Wildman–Crippen MR) is 97.2 cm³/mol.